The van der Waals surface area contributed by atoms with Gasteiger partial charge in [-0.2, -0.15) is 5.10 Å². The Hall–Kier alpha value is -2.67. The lowest BCUT2D eigenvalue weighted by Crippen LogP contribution is -2.32. The lowest BCUT2D eigenvalue weighted by atomic mass is 10.2. The van der Waals surface area contributed by atoms with Crippen molar-refractivity contribution in [3.8, 4) is 5.75 Å². The molecule has 0 aliphatic rings. The van der Waals surface area contributed by atoms with Crippen molar-refractivity contribution in [1.82, 2.24) is 5.43 Å². The van der Waals surface area contributed by atoms with E-state index in [0.717, 1.165) is 4.47 Å². The van der Waals surface area contributed by atoms with Crippen LogP contribution in [-0.4, -0.2) is 25.1 Å². The van der Waals surface area contributed by atoms with Crippen LogP contribution in [0.15, 0.2) is 58.1 Å². The molecule has 2 amide bonds. The van der Waals surface area contributed by atoms with Gasteiger partial charge in [0.15, 0.2) is 0 Å². The fraction of sp³-hybridized carbons (Fsp3) is 0.0625. The average Bonchev–Trinajstić information content (AvgIpc) is 2.56. The van der Waals surface area contributed by atoms with Crippen molar-refractivity contribution < 1.29 is 14.3 Å². The molecule has 0 saturated heterocycles. The molecule has 0 atom stereocenters. The van der Waals surface area contributed by atoms with Gasteiger partial charge in [-0.25, -0.2) is 5.43 Å². The second-order valence-corrected chi connectivity index (χ2v) is 5.32. The Morgan fingerprint density at radius 1 is 1.13 bits per heavy atom. The molecule has 0 fully saturated rings. The number of amides is 2. The number of hydrogen-bond acceptors (Lipinski definition) is 4. The number of hydrogen-bond donors (Lipinski definition) is 2. The average molecular weight is 376 g/mol. The van der Waals surface area contributed by atoms with Gasteiger partial charge in [-0.1, -0.05) is 34.1 Å². The molecule has 2 rings (SSSR count). The van der Waals surface area contributed by atoms with E-state index in [1.807, 2.05) is 12.1 Å². The Morgan fingerprint density at radius 2 is 1.87 bits per heavy atom. The van der Waals surface area contributed by atoms with Crippen molar-refractivity contribution >= 4 is 39.6 Å². The van der Waals surface area contributed by atoms with Gasteiger partial charge in [0.05, 0.1) is 13.3 Å². The van der Waals surface area contributed by atoms with Gasteiger partial charge < -0.3 is 10.1 Å². The SMILES string of the molecule is COc1ccc(Br)cc1/C=N\NC(=O)C(=O)Nc1ccccc1. The third-order valence-electron chi connectivity index (χ3n) is 2.80. The number of carbonyl (C=O) groups is 2. The van der Waals surface area contributed by atoms with Crippen LogP contribution in [0.5, 0.6) is 5.75 Å². The largest absolute Gasteiger partial charge is 0.496 e. The molecule has 0 saturated carbocycles. The molecule has 23 heavy (non-hydrogen) atoms. The lowest BCUT2D eigenvalue weighted by molar-refractivity contribution is -0.136. The van der Waals surface area contributed by atoms with Crippen molar-refractivity contribution in [1.29, 1.82) is 0 Å². The van der Waals surface area contributed by atoms with Gasteiger partial charge in [-0.3, -0.25) is 9.59 Å². The molecule has 0 aliphatic carbocycles. The van der Waals surface area contributed by atoms with Crippen LogP contribution in [0.1, 0.15) is 5.56 Å². The van der Waals surface area contributed by atoms with E-state index in [2.05, 4.69) is 31.8 Å². The molecule has 0 unspecified atom stereocenters. The number of methoxy groups -OCH3 is 1. The fourth-order valence-corrected chi connectivity index (χ4v) is 2.11. The Bertz CT molecular complexity index is 733. The van der Waals surface area contributed by atoms with Gasteiger partial charge in [0.25, 0.3) is 0 Å². The zero-order valence-corrected chi connectivity index (χ0v) is 13.8. The minimum absolute atomic E-state index is 0.533. The number of nitrogens with zero attached hydrogens (tertiary/aromatic N) is 1. The summed E-state index contributed by atoms with van der Waals surface area (Å²) in [5.41, 5.74) is 3.36. The van der Waals surface area contributed by atoms with Crippen LogP contribution in [0, 0.1) is 0 Å². The number of hydrazone groups is 1. The summed E-state index contributed by atoms with van der Waals surface area (Å²) in [5, 5.41) is 6.23. The van der Waals surface area contributed by atoms with E-state index in [1.54, 1.807) is 36.4 Å². The highest BCUT2D eigenvalue weighted by Gasteiger charge is 2.12. The molecule has 0 heterocycles. The van der Waals surface area contributed by atoms with Crippen LogP contribution >= 0.6 is 15.9 Å². The minimum Gasteiger partial charge on any atom is -0.496 e. The van der Waals surface area contributed by atoms with Gasteiger partial charge in [0.1, 0.15) is 5.75 Å². The molecule has 7 heteroatoms. The summed E-state index contributed by atoms with van der Waals surface area (Å²) in [6, 6.07) is 14.0. The first-order valence-electron chi connectivity index (χ1n) is 6.63. The maximum atomic E-state index is 11.7. The van der Waals surface area contributed by atoms with Crippen LogP contribution in [0.2, 0.25) is 0 Å². The van der Waals surface area contributed by atoms with Gasteiger partial charge in [0, 0.05) is 15.7 Å². The van der Waals surface area contributed by atoms with Gasteiger partial charge in [-0.15, -0.1) is 0 Å². The van der Waals surface area contributed by atoms with Crippen LogP contribution < -0.4 is 15.5 Å². The number of anilines is 1. The second-order valence-electron chi connectivity index (χ2n) is 4.41. The molecule has 0 spiro atoms. The third kappa shape index (κ3) is 4.93. The molecule has 0 aromatic heterocycles. The minimum atomic E-state index is -0.862. The third-order valence-corrected chi connectivity index (χ3v) is 3.29. The summed E-state index contributed by atoms with van der Waals surface area (Å²) < 4.78 is 6.02. The second kappa shape index (κ2) is 8.09. The van der Waals surface area contributed by atoms with E-state index in [9.17, 15) is 9.59 Å². The Labute approximate surface area is 141 Å². The topological polar surface area (TPSA) is 79.8 Å². The number of halogens is 1. The quantitative estimate of drug-likeness (QED) is 0.489. The molecular formula is C16H14BrN3O3. The highest BCUT2D eigenvalue weighted by atomic mass is 79.9. The predicted octanol–water partition coefficient (Wildman–Crippen LogP) is 2.55. The van der Waals surface area contributed by atoms with E-state index in [-0.39, 0.29) is 0 Å². The number of para-hydroxylation sites is 1. The molecule has 2 aromatic carbocycles. The van der Waals surface area contributed by atoms with Gasteiger partial charge >= 0.3 is 11.8 Å². The van der Waals surface area contributed by atoms with Crippen LogP contribution in [0.25, 0.3) is 0 Å². The molecule has 2 N–H and O–H groups in total. The Kier molecular flexibility index (Phi) is 5.87. The van der Waals surface area contributed by atoms with Crippen molar-refractivity contribution in [2.75, 3.05) is 12.4 Å². The number of rotatable bonds is 4. The standard InChI is InChI=1S/C16H14BrN3O3/c1-23-14-8-7-12(17)9-11(14)10-18-20-16(22)15(21)19-13-5-3-2-4-6-13/h2-10H,1H3,(H,19,21)(H,20,22)/b18-10-. The molecular weight excluding hydrogens is 362 g/mol. The van der Waals surface area contributed by atoms with Crippen molar-refractivity contribution in [3.63, 3.8) is 0 Å². The van der Waals surface area contributed by atoms with Crippen molar-refractivity contribution in [2.24, 2.45) is 5.10 Å². The van der Waals surface area contributed by atoms with Crippen LogP contribution in [0.4, 0.5) is 5.69 Å². The fourth-order valence-electron chi connectivity index (χ4n) is 1.73. The van der Waals surface area contributed by atoms with Gasteiger partial charge in [0.2, 0.25) is 0 Å². The first kappa shape index (κ1) is 16.7. The van der Waals surface area contributed by atoms with Crippen LogP contribution in [0.3, 0.4) is 0 Å². The maximum absolute atomic E-state index is 11.7. The normalized spacial score (nSPS) is 10.3. The molecule has 0 bridgehead atoms. The number of ether oxygens (including phenoxy) is 1. The monoisotopic (exact) mass is 375 g/mol. The first-order valence-corrected chi connectivity index (χ1v) is 7.42. The number of nitrogens with one attached hydrogen (secondary N) is 2. The lowest BCUT2D eigenvalue weighted by Gasteiger charge is -2.05. The highest BCUT2D eigenvalue weighted by Crippen LogP contribution is 2.21. The Morgan fingerprint density at radius 3 is 2.57 bits per heavy atom. The summed E-state index contributed by atoms with van der Waals surface area (Å²) in [6.45, 7) is 0. The number of benzene rings is 2. The number of carbonyl (C=O) groups excluding carboxylic acids is 2. The summed E-state index contributed by atoms with van der Waals surface area (Å²) in [7, 11) is 1.53. The van der Waals surface area contributed by atoms with Crippen LogP contribution in [-0.2, 0) is 9.59 Å². The molecule has 6 nitrogen and oxygen atoms in total. The first-order chi connectivity index (χ1) is 11.1. The van der Waals surface area contributed by atoms with E-state index in [1.165, 1.54) is 13.3 Å². The summed E-state index contributed by atoms with van der Waals surface area (Å²) in [4.78, 5) is 23.4. The van der Waals surface area contributed by atoms with E-state index < -0.39 is 11.8 Å². The van der Waals surface area contributed by atoms with Crippen molar-refractivity contribution in [2.45, 2.75) is 0 Å². The van der Waals surface area contributed by atoms with Crippen molar-refractivity contribution in [3.05, 3.63) is 58.6 Å². The molecule has 0 aliphatic heterocycles. The summed E-state index contributed by atoms with van der Waals surface area (Å²) >= 11 is 3.34. The molecule has 0 radical (unpaired) electrons. The summed E-state index contributed by atoms with van der Waals surface area (Å²) in [6.07, 6.45) is 1.40. The zero-order chi connectivity index (χ0) is 16.7. The summed E-state index contributed by atoms with van der Waals surface area (Å²) in [5.74, 6) is -1.06. The van der Waals surface area contributed by atoms with E-state index in [0.29, 0.717) is 17.0 Å². The van der Waals surface area contributed by atoms with Gasteiger partial charge in [-0.05, 0) is 30.3 Å². The molecule has 118 valence electrons. The smallest absolute Gasteiger partial charge is 0.329 e. The Balaban J connectivity index is 1.96. The molecule has 2 aromatic rings. The van der Waals surface area contributed by atoms with E-state index >= 15 is 0 Å². The van der Waals surface area contributed by atoms with E-state index in [4.69, 9.17) is 4.74 Å². The zero-order valence-electron chi connectivity index (χ0n) is 12.2. The maximum Gasteiger partial charge on any atom is 0.329 e. The highest BCUT2D eigenvalue weighted by molar-refractivity contribution is 9.10. The predicted molar refractivity (Wildman–Crippen MR) is 91.5 cm³/mol.